The average molecular weight is 330 g/mol. The van der Waals surface area contributed by atoms with Gasteiger partial charge in [0.05, 0.1) is 14.2 Å². The highest BCUT2D eigenvalue weighted by Gasteiger charge is 2.61. The second-order valence-corrected chi connectivity index (χ2v) is 7.53. The third-order valence-electron chi connectivity index (χ3n) is 6.25. The highest BCUT2D eigenvalue weighted by Crippen LogP contribution is 2.63. The summed E-state index contributed by atoms with van der Waals surface area (Å²) in [5.74, 6) is 2.72. The van der Waals surface area contributed by atoms with Gasteiger partial charge in [-0.25, -0.2) is 0 Å². The van der Waals surface area contributed by atoms with E-state index in [-0.39, 0.29) is 10.8 Å². The molecule has 0 heterocycles. The van der Waals surface area contributed by atoms with E-state index in [2.05, 4.69) is 20.8 Å². The molecule has 3 heteroatoms. The smallest absolute Gasteiger partial charge is 0.161 e. The summed E-state index contributed by atoms with van der Waals surface area (Å²) in [6.45, 7) is 8.66. The summed E-state index contributed by atoms with van der Waals surface area (Å²) in [4.78, 5) is 11.6. The van der Waals surface area contributed by atoms with Crippen molar-refractivity contribution >= 4 is 11.9 Å². The third-order valence-corrected chi connectivity index (χ3v) is 6.25. The summed E-state index contributed by atoms with van der Waals surface area (Å²) in [5, 5.41) is 0. The SMILES string of the molecule is CC12CCC(CC1=O)C2(C)C.CC=Cc1ccc(OC)c(OC)c1. The molecule has 0 radical (unpaired) electrons. The Labute approximate surface area is 146 Å². The quantitative estimate of drug-likeness (QED) is 0.770. The summed E-state index contributed by atoms with van der Waals surface area (Å²) >= 11 is 0. The summed E-state index contributed by atoms with van der Waals surface area (Å²) in [6, 6.07) is 5.83. The molecule has 0 spiro atoms. The van der Waals surface area contributed by atoms with Crippen molar-refractivity contribution in [3.8, 4) is 11.5 Å². The Morgan fingerprint density at radius 1 is 1.12 bits per heavy atom. The molecular formula is C21H30O3. The number of methoxy groups -OCH3 is 2. The molecule has 1 aromatic carbocycles. The molecular weight excluding hydrogens is 300 g/mol. The molecule has 2 aliphatic rings. The predicted octanol–water partition coefficient (Wildman–Crippen LogP) is 5.14. The fraction of sp³-hybridized carbons (Fsp3) is 0.571. The van der Waals surface area contributed by atoms with Crippen LogP contribution in [-0.4, -0.2) is 20.0 Å². The predicted molar refractivity (Wildman–Crippen MR) is 98.5 cm³/mol. The zero-order valence-electron chi connectivity index (χ0n) is 15.8. The molecule has 0 N–H and O–H groups in total. The normalized spacial score (nSPS) is 27.1. The second-order valence-electron chi connectivity index (χ2n) is 7.53. The van der Waals surface area contributed by atoms with Gasteiger partial charge in [-0.15, -0.1) is 0 Å². The first-order chi connectivity index (χ1) is 11.3. The number of hydrogen-bond donors (Lipinski definition) is 0. The molecule has 2 bridgehead atoms. The number of ketones is 1. The Morgan fingerprint density at radius 3 is 2.17 bits per heavy atom. The van der Waals surface area contributed by atoms with E-state index in [1.165, 1.54) is 6.42 Å². The molecule has 0 amide bonds. The minimum atomic E-state index is 0.0255. The maximum Gasteiger partial charge on any atom is 0.161 e. The van der Waals surface area contributed by atoms with Gasteiger partial charge in [0.25, 0.3) is 0 Å². The van der Waals surface area contributed by atoms with Gasteiger partial charge in [-0.1, -0.05) is 39.0 Å². The second kappa shape index (κ2) is 7.00. The van der Waals surface area contributed by atoms with Crippen molar-refractivity contribution in [1.29, 1.82) is 0 Å². The molecule has 132 valence electrons. The average Bonchev–Trinajstić information content (AvgIpc) is 2.88. The molecule has 2 aliphatic carbocycles. The van der Waals surface area contributed by atoms with Crippen molar-refractivity contribution in [1.82, 2.24) is 0 Å². The summed E-state index contributed by atoms with van der Waals surface area (Å²) in [7, 11) is 3.27. The van der Waals surface area contributed by atoms with Crippen LogP contribution in [-0.2, 0) is 4.79 Å². The summed E-state index contributed by atoms with van der Waals surface area (Å²) in [6.07, 6.45) is 7.26. The molecule has 2 saturated carbocycles. The number of benzene rings is 1. The molecule has 0 aliphatic heterocycles. The van der Waals surface area contributed by atoms with E-state index in [0.29, 0.717) is 11.7 Å². The van der Waals surface area contributed by atoms with Crippen LogP contribution in [0.1, 0.15) is 52.5 Å². The van der Waals surface area contributed by atoms with Gasteiger partial charge in [-0.05, 0) is 48.8 Å². The van der Waals surface area contributed by atoms with Gasteiger partial charge < -0.3 is 9.47 Å². The van der Waals surface area contributed by atoms with Gasteiger partial charge in [0.1, 0.15) is 5.78 Å². The standard InChI is InChI=1S/C11H14O2.C10H16O/c1-4-5-9-6-7-10(12-2)11(8-9)13-3;1-9(2)7-4-5-10(9,3)8(11)6-7/h4-8H,1-3H3;7H,4-6H2,1-3H3. The van der Waals surface area contributed by atoms with Gasteiger partial charge >= 0.3 is 0 Å². The Kier molecular flexibility index (Phi) is 5.42. The van der Waals surface area contributed by atoms with E-state index in [1.54, 1.807) is 14.2 Å². The van der Waals surface area contributed by atoms with Crippen molar-refractivity contribution in [3.63, 3.8) is 0 Å². The topological polar surface area (TPSA) is 35.5 Å². The van der Waals surface area contributed by atoms with Crippen LogP contribution in [0.5, 0.6) is 11.5 Å². The van der Waals surface area contributed by atoms with E-state index >= 15 is 0 Å². The first-order valence-electron chi connectivity index (χ1n) is 8.68. The van der Waals surface area contributed by atoms with Crippen LogP contribution in [0.4, 0.5) is 0 Å². The van der Waals surface area contributed by atoms with Crippen LogP contribution in [0.2, 0.25) is 0 Å². The lowest BCUT2D eigenvalue weighted by Gasteiger charge is -2.32. The lowest BCUT2D eigenvalue weighted by atomic mass is 9.70. The maximum absolute atomic E-state index is 11.6. The minimum absolute atomic E-state index is 0.0255. The van der Waals surface area contributed by atoms with Crippen LogP contribution < -0.4 is 9.47 Å². The largest absolute Gasteiger partial charge is 0.493 e. The van der Waals surface area contributed by atoms with Gasteiger partial charge in [0, 0.05) is 11.8 Å². The van der Waals surface area contributed by atoms with E-state index in [0.717, 1.165) is 29.9 Å². The minimum Gasteiger partial charge on any atom is -0.493 e. The van der Waals surface area contributed by atoms with Crippen molar-refractivity contribution in [2.45, 2.75) is 47.0 Å². The van der Waals surface area contributed by atoms with Crippen molar-refractivity contribution < 1.29 is 14.3 Å². The highest BCUT2D eigenvalue weighted by molar-refractivity contribution is 5.89. The zero-order chi connectivity index (χ0) is 18.0. The van der Waals surface area contributed by atoms with Gasteiger partial charge in [0.15, 0.2) is 11.5 Å². The van der Waals surface area contributed by atoms with Crippen molar-refractivity contribution in [2.24, 2.45) is 16.7 Å². The number of rotatable bonds is 3. The number of hydrogen-bond acceptors (Lipinski definition) is 3. The van der Waals surface area contributed by atoms with Gasteiger partial charge in [0.2, 0.25) is 0 Å². The summed E-state index contributed by atoms with van der Waals surface area (Å²) in [5.41, 5.74) is 1.42. The molecule has 24 heavy (non-hydrogen) atoms. The van der Waals surface area contributed by atoms with Crippen molar-refractivity contribution in [3.05, 3.63) is 29.8 Å². The Hall–Kier alpha value is -1.77. The van der Waals surface area contributed by atoms with E-state index in [1.807, 2.05) is 37.3 Å². The van der Waals surface area contributed by atoms with E-state index < -0.39 is 0 Å². The van der Waals surface area contributed by atoms with Crippen molar-refractivity contribution in [2.75, 3.05) is 14.2 Å². The molecule has 2 unspecified atom stereocenters. The zero-order valence-corrected chi connectivity index (χ0v) is 15.8. The summed E-state index contributed by atoms with van der Waals surface area (Å²) < 4.78 is 10.3. The molecule has 3 rings (SSSR count). The molecule has 3 nitrogen and oxygen atoms in total. The third kappa shape index (κ3) is 3.09. The number of carbonyl (C=O) groups excluding carboxylic acids is 1. The Morgan fingerprint density at radius 2 is 1.79 bits per heavy atom. The Balaban J connectivity index is 0.000000175. The van der Waals surface area contributed by atoms with Crippen LogP contribution in [0, 0.1) is 16.7 Å². The van der Waals surface area contributed by atoms with E-state index in [9.17, 15) is 4.79 Å². The van der Waals surface area contributed by atoms with Gasteiger partial charge in [-0.3, -0.25) is 4.79 Å². The number of Topliss-reactive ketones (excluding diaryl/α,β-unsaturated/α-hetero) is 1. The monoisotopic (exact) mass is 330 g/mol. The molecule has 2 fully saturated rings. The number of ether oxygens (including phenoxy) is 2. The lowest BCUT2D eigenvalue weighted by molar-refractivity contribution is -0.128. The number of fused-ring (bicyclic) bond motifs is 2. The maximum atomic E-state index is 11.6. The van der Waals surface area contributed by atoms with Crippen LogP contribution in [0.25, 0.3) is 6.08 Å². The van der Waals surface area contributed by atoms with Crippen LogP contribution in [0.15, 0.2) is 24.3 Å². The fourth-order valence-corrected chi connectivity index (χ4v) is 4.05. The van der Waals surface area contributed by atoms with E-state index in [4.69, 9.17) is 9.47 Å². The van der Waals surface area contributed by atoms with Crippen LogP contribution >= 0.6 is 0 Å². The molecule has 0 aromatic heterocycles. The molecule has 0 saturated heterocycles. The van der Waals surface area contributed by atoms with Gasteiger partial charge in [-0.2, -0.15) is 0 Å². The number of carbonyl (C=O) groups is 1. The van der Waals surface area contributed by atoms with Crippen LogP contribution in [0.3, 0.4) is 0 Å². The lowest BCUT2D eigenvalue weighted by Crippen LogP contribution is -2.32. The fourth-order valence-electron chi connectivity index (χ4n) is 4.05. The number of allylic oxidation sites excluding steroid dienone is 1. The molecule has 2 atom stereocenters. The first-order valence-corrected chi connectivity index (χ1v) is 8.68. The molecule has 1 aromatic rings. The highest BCUT2D eigenvalue weighted by atomic mass is 16.5. The first kappa shape index (κ1) is 18.6. The Bertz CT molecular complexity index is 630.